The fraction of sp³-hybridized carbons (Fsp3) is 0.150. The number of nitrogens with two attached hydrogens (primary N) is 1. The van der Waals surface area contributed by atoms with Crippen molar-refractivity contribution < 1.29 is 8.42 Å². The number of benzene rings is 2. The summed E-state index contributed by atoms with van der Waals surface area (Å²) in [5.74, 6) is 0.782. The Morgan fingerprint density at radius 1 is 0.964 bits per heavy atom. The molecule has 0 saturated carbocycles. The molecule has 4 aromatic rings. The third kappa shape index (κ3) is 3.11. The van der Waals surface area contributed by atoms with E-state index < -0.39 is 9.84 Å². The summed E-state index contributed by atoms with van der Waals surface area (Å²) in [6.07, 6.45) is 1.69. The van der Waals surface area contributed by atoms with Crippen LogP contribution < -0.4 is 5.73 Å². The van der Waals surface area contributed by atoms with Crippen molar-refractivity contribution in [1.29, 1.82) is 0 Å². The highest BCUT2D eigenvalue weighted by Crippen LogP contribution is 2.27. The molecule has 4 rings (SSSR count). The van der Waals surface area contributed by atoms with Crippen LogP contribution in [0.5, 0.6) is 0 Å². The molecule has 28 heavy (non-hydrogen) atoms. The van der Waals surface area contributed by atoms with Gasteiger partial charge in [-0.05, 0) is 23.3 Å². The van der Waals surface area contributed by atoms with E-state index in [2.05, 4.69) is 15.0 Å². The normalized spacial score (nSPS) is 11.8. The van der Waals surface area contributed by atoms with Crippen LogP contribution in [0.25, 0.3) is 28.0 Å². The van der Waals surface area contributed by atoms with Crippen molar-refractivity contribution in [2.24, 2.45) is 0 Å². The molecular weight excluding hydrogens is 374 g/mol. The molecule has 0 atom stereocenters. The van der Waals surface area contributed by atoms with E-state index in [1.807, 2.05) is 66.1 Å². The molecule has 0 aliphatic heterocycles. The number of aromatic nitrogens is 4. The number of fused-ring (bicyclic) bond motifs is 1. The second-order valence-corrected chi connectivity index (χ2v) is 8.38. The molecule has 2 N–H and O–H groups in total. The van der Waals surface area contributed by atoms with E-state index in [0.717, 1.165) is 28.9 Å². The summed E-state index contributed by atoms with van der Waals surface area (Å²) >= 11 is 0. The molecule has 142 valence electrons. The fourth-order valence-corrected chi connectivity index (χ4v) is 3.65. The highest BCUT2D eigenvalue weighted by molar-refractivity contribution is 7.90. The number of nitrogens with zero attached hydrogens (tertiary/aromatic N) is 4. The van der Waals surface area contributed by atoms with Crippen molar-refractivity contribution in [1.82, 2.24) is 19.5 Å². The van der Waals surface area contributed by atoms with Crippen molar-refractivity contribution in [3.05, 3.63) is 60.4 Å². The van der Waals surface area contributed by atoms with Crippen molar-refractivity contribution in [2.75, 3.05) is 12.0 Å². The second kappa shape index (κ2) is 6.72. The number of imidazole rings is 1. The molecule has 0 bridgehead atoms. The van der Waals surface area contributed by atoms with E-state index in [1.165, 1.54) is 0 Å². The van der Waals surface area contributed by atoms with Crippen molar-refractivity contribution in [2.45, 2.75) is 18.5 Å². The van der Waals surface area contributed by atoms with Gasteiger partial charge in [0.2, 0.25) is 9.84 Å². The first-order valence-electron chi connectivity index (χ1n) is 8.79. The molecule has 0 fully saturated rings. The van der Waals surface area contributed by atoms with Crippen molar-refractivity contribution >= 4 is 26.8 Å². The largest absolute Gasteiger partial charge is 0.382 e. The summed E-state index contributed by atoms with van der Waals surface area (Å²) in [5, 5.41) is -0.305. The smallest absolute Gasteiger partial charge is 0.250 e. The van der Waals surface area contributed by atoms with Crippen LogP contribution >= 0.6 is 0 Å². The van der Waals surface area contributed by atoms with Gasteiger partial charge in [-0.25, -0.2) is 13.4 Å². The Bertz CT molecular complexity index is 1280. The van der Waals surface area contributed by atoms with Gasteiger partial charge >= 0.3 is 0 Å². The quantitative estimate of drug-likeness (QED) is 0.535. The van der Waals surface area contributed by atoms with Gasteiger partial charge in [-0.1, -0.05) is 49.4 Å². The minimum atomic E-state index is -3.61. The fourth-order valence-electron chi connectivity index (χ4n) is 3.13. The Balaban J connectivity index is 1.99. The first-order chi connectivity index (χ1) is 13.4. The van der Waals surface area contributed by atoms with Gasteiger partial charge in [0.15, 0.2) is 17.0 Å². The second-order valence-electron chi connectivity index (χ2n) is 6.47. The first-order valence-corrected chi connectivity index (χ1v) is 10.7. The number of anilines is 1. The lowest BCUT2D eigenvalue weighted by molar-refractivity contribution is 0.593. The van der Waals surface area contributed by atoms with E-state index in [-0.39, 0.29) is 11.0 Å². The average molecular weight is 393 g/mol. The summed E-state index contributed by atoms with van der Waals surface area (Å²) in [6, 6.07) is 17.9. The predicted octanol–water partition coefficient (Wildman–Crippen LogP) is 3.03. The summed E-state index contributed by atoms with van der Waals surface area (Å²) in [5.41, 5.74) is 9.73. The summed E-state index contributed by atoms with van der Waals surface area (Å²) in [6.45, 7) is 1.97. The average Bonchev–Trinajstić information content (AvgIpc) is 3.07. The van der Waals surface area contributed by atoms with Gasteiger partial charge in [-0.2, -0.15) is 9.97 Å². The zero-order valence-corrected chi connectivity index (χ0v) is 16.3. The van der Waals surface area contributed by atoms with Gasteiger partial charge in [-0.15, -0.1) is 0 Å². The number of nitrogen functional groups attached to an aromatic ring is 1. The number of hydrogen-bond donors (Lipinski definition) is 1. The van der Waals surface area contributed by atoms with Crippen LogP contribution in [0, 0.1) is 0 Å². The van der Waals surface area contributed by atoms with Crippen molar-refractivity contribution in [3.8, 4) is 16.8 Å². The lowest BCUT2D eigenvalue weighted by Gasteiger charge is -2.10. The molecule has 0 unspecified atom stereocenters. The van der Waals surface area contributed by atoms with E-state index in [1.54, 1.807) is 0 Å². The molecule has 8 heteroatoms. The molecule has 7 nitrogen and oxygen atoms in total. The third-order valence-electron chi connectivity index (χ3n) is 4.44. The molecule has 2 aromatic carbocycles. The van der Waals surface area contributed by atoms with Crippen LogP contribution in [0.15, 0.2) is 59.8 Å². The molecule has 0 amide bonds. The van der Waals surface area contributed by atoms with Crippen molar-refractivity contribution in [3.63, 3.8) is 0 Å². The van der Waals surface area contributed by atoms with Crippen LogP contribution in [-0.4, -0.2) is 34.2 Å². The maximum Gasteiger partial charge on any atom is 0.250 e. The van der Waals surface area contributed by atoms with Gasteiger partial charge in [0.25, 0.3) is 5.16 Å². The van der Waals surface area contributed by atoms with Gasteiger partial charge < -0.3 is 5.73 Å². The Morgan fingerprint density at radius 3 is 2.36 bits per heavy atom. The zero-order chi connectivity index (χ0) is 19.9. The molecule has 0 aliphatic carbocycles. The minimum absolute atomic E-state index is 0.0538. The SMILES string of the molecule is CCc1nc2c(N)nc(S(C)(=O)=O)nc2n1-c1cccc(-c2ccccc2)c1. The van der Waals surface area contributed by atoms with E-state index in [0.29, 0.717) is 17.6 Å². The van der Waals surface area contributed by atoms with Gasteiger partial charge in [0, 0.05) is 18.4 Å². The summed E-state index contributed by atoms with van der Waals surface area (Å²) in [7, 11) is -3.61. The number of hydrogen-bond acceptors (Lipinski definition) is 6. The summed E-state index contributed by atoms with van der Waals surface area (Å²) < 4.78 is 25.8. The number of rotatable bonds is 4. The molecule has 0 spiro atoms. The van der Waals surface area contributed by atoms with Gasteiger partial charge in [-0.3, -0.25) is 4.57 Å². The van der Waals surface area contributed by atoms with Gasteiger partial charge in [0.1, 0.15) is 5.82 Å². The van der Waals surface area contributed by atoms with E-state index in [9.17, 15) is 8.42 Å². The van der Waals surface area contributed by atoms with Crippen LogP contribution in [-0.2, 0) is 16.3 Å². The first kappa shape index (κ1) is 18.1. The van der Waals surface area contributed by atoms with E-state index in [4.69, 9.17) is 5.73 Å². The maximum atomic E-state index is 12.0. The lowest BCUT2D eigenvalue weighted by Crippen LogP contribution is -2.08. The van der Waals surface area contributed by atoms with Crippen LogP contribution in [0.4, 0.5) is 5.82 Å². The molecule has 2 heterocycles. The standard InChI is InChI=1S/C20H19N5O2S/c1-3-16-22-17-18(21)23-20(28(2,26)27)24-19(17)25(16)15-11-7-10-14(12-15)13-8-5-4-6-9-13/h4-12H,3H2,1-2H3,(H2,21,23,24). The third-order valence-corrected chi connectivity index (χ3v) is 5.29. The Kier molecular flexibility index (Phi) is 4.35. The molecule has 0 radical (unpaired) electrons. The maximum absolute atomic E-state index is 12.0. The highest BCUT2D eigenvalue weighted by atomic mass is 32.2. The summed E-state index contributed by atoms with van der Waals surface area (Å²) in [4.78, 5) is 12.7. The molecule has 0 saturated heterocycles. The zero-order valence-electron chi connectivity index (χ0n) is 15.5. The monoisotopic (exact) mass is 393 g/mol. The number of sulfone groups is 1. The molecule has 0 aliphatic rings. The predicted molar refractivity (Wildman–Crippen MR) is 109 cm³/mol. The van der Waals surface area contributed by atoms with Crippen LogP contribution in [0.3, 0.4) is 0 Å². The number of aryl methyl sites for hydroxylation is 1. The molecular formula is C20H19N5O2S. The Morgan fingerprint density at radius 2 is 1.68 bits per heavy atom. The molecule has 2 aromatic heterocycles. The van der Waals surface area contributed by atoms with E-state index >= 15 is 0 Å². The van der Waals surface area contributed by atoms with Gasteiger partial charge in [0.05, 0.1) is 0 Å². The highest BCUT2D eigenvalue weighted by Gasteiger charge is 2.21. The topological polar surface area (TPSA) is 104 Å². The Hall–Kier alpha value is -3.26. The van der Waals surface area contributed by atoms with Crippen LogP contribution in [0.2, 0.25) is 0 Å². The minimum Gasteiger partial charge on any atom is -0.382 e. The lowest BCUT2D eigenvalue weighted by atomic mass is 10.1. The Labute approximate surface area is 162 Å². The van der Waals surface area contributed by atoms with Crippen LogP contribution in [0.1, 0.15) is 12.7 Å².